The Balaban J connectivity index is 2.78. The molecule has 20 heavy (non-hydrogen) atoms. The largest absolute Gasteiger partial charge is 0.504 e. The minimum atomic E-state index is -0.919. The van der Waals surface area contributed by atoms with E-state index in [1.807, 2.05) is 0 Å². The maximum atomic E-state index is 10.5. The number of rotatable bonds is 8. The van der Waals surface area contributed by atoms with Gasteiger partial charge in [-0.2, -0.15) is 0 Å². The molecule has 0 aliphatic heterocycles. The van der Waals surface area contributed by atoms with E-state index in [2.05, 4.69) is 0 Å². The fourth-order valence-electron chi connectivity index (χ4n) is 2.03. The molecule has 4 N–H and O–H groups in total. The fraction of sp³-hybridized carbons (Fsp3) is 0.429. The highest BCUT2D eigenvalue weighted by Crippen LogP contribution is 2.33. The van der Waals surface area contributed by atoms with Gasteiger partial charge in [-0.25, -0.2) is 0 Å². The lowest BCUT2D eigenvalue weighted by Gasteiger charge is -2.12. The van der Waals surface area contributed by atoms with Crippen molar-refractivity contribution < 1.29 is 30.0 Å². The van der Waals surface area contributed by atoms with Crippen molar-refractivity contribution in [3.63, 3.8) is 0 Å². The molecule has 0 aromatic heterocycles. The summed E-state index contributed by atoms with van der Waals surface area (Å²) in [5.74, 6) is -2.31. The standard InChI is InChI=1S/C14H18O6/c15-11-8-7-9(3-1-5-12(16)17)10(14(11)20)4-2-6-13(18)19/h7-8,15,20H,1-6H2,(H,16,17)(H,18,19). The van der Waals surface area contributed by atoms with Gasteiger partial charge in [0.15, 0.2) is 11.5 Å². The molecule has 0 amide bonds. The van der Waals surface area contributed by atoms with Crippen molar-refractivity contribution in [1.82, 2.24) is 0 Å². The number of carboxylic acids is 2. The minimum absolute atomic E-state index is 0.0240. The van der Waals surface area contributed by atoms with Crippen LogP contribution in [0.4, 0.5) is 0 Å². The number of aryl methyl sites for hydroxylation is 1. The molecule has 0 radical (unpaired) electrons. The first kappa shape index (κ1) is 15.8. The summed E-state index contributed by atoms with van der Waals surface area (Å²) in [7, 11) is 0. The first-order chi connectivity index (χ1) is 9.41. The van der Waals surface area contributed by atoms with E-state index in [-0.39, 0.29) is 24.3 Å². The molecule has 0 heterocycles. The molecule has 6 nitrogen and oxygen atoms in total. The quantitative estimate of drug-likeness (QED) is 0.541. The van der Waals surface area contributed by atoms with Crippen LogP contribution in [0.5, 0.6) is 11.5 Å². The molecule has 0 spiro atoms. The zero-order valence-corrected chi connectivity index (χ0v) is 11.0. The number of phenols is 2. The van der Waals surface area contributed by atoms with Gasteiger partial charge >= 0.3 is 11.9 Å². The Morgan fingerprint density at radius 1 is 0.900 bits per heavy atom. The van der Waals surface area contributed by atoms with Gasteiger partial charge < -0.3 is 20.4 Å². The van der Waals surface area contributed by atoms with Crippen molar-refractivity contribution in [2.24, 2.45) is 0 Å². The van der Waals surface area contributed by atoms with Crippen molar-refractivity contribution in [2.75, 3.05) is 0 Å². The van der Waals surface area contributed by atoms with Gasteiger partial charge in [-0.05, 0) is 37.3 Å². The first-order valence-corrected chi connectivity index (χ1v) is 6.38. The van der Waals surface area contributed by atoms with E-state index >= 15 is 0 Å². The maximum Gasteiger partial charge on any atom is 0.303 e. The number of hydrogen-bond acceptors (Lipinski definition) is 4. The van der Waals surface area contributed by atoms with Crippen molar-refractivity contribution in [1.29, 1.82) is 0 Å². The summed E-state index contributed by atoms with van der Waals surface area (Å²) in [5, 5.41) is 36.5. The number of benzene rings is 1. The zero-order valence-electron chi connectivity index (χ0n) is 11.0. The first-order valence-electron chi connectivity index (χ1n) is 6.38. The Hall–Kier alpha value is -2.24. The third kappa shape index (κ3) is 4.79. The van der Waals surface area contributed by atoms with Gasteiger partial charge in [0, 0.05) is 18.4 Å². The molecular weight excluding hydrogens is 264 g/mol. The number of carbonyl (C=O) groups is 2. The Morgan fingerprint density at radius 2 is 1.45 bits per heavy atom. The zero-order chi connectivity index (χ0) is 15.1. The number of hydrogen-bond donors (Lipinski definition) is 4. The maximum absolute atomic E-state index is 10.5. The molecule has 0 bridgehead atoms. The van der Waals surface area contributed by atoms with Crippen LogP contribution in [0.15, 0.2) is 12.1 Å². The lowest BCUT2D eigenvalue weighted by Crippen LogP contribution is -2.01. The molecule has 0 aliphatic rings. The average molecular weight is 282 g/mol. The second-order valence-corrected chi connectivity index (χ2v) is 4.57. The number of phenolic OH excluding ortho intramolecular Hbond substituents is 2. The summed E-state index contributed by atoms with van der Waals surface area (Å²) < 4.78 is 0. The Labute approximate surface area is 116 Å². The van der Waals surface area contributed by atoms with Gasteiger partial charge in [0.05, 0.1) is 0 Å². The molecule has 6 heteroatoms. The SMILES string of the molecule is O=C(O)CCCc1ccc(O)c(O)c1CCCC(=O)O. The lowest BCUT2D eigenvalue weighted by atomic mass is 9.96. The van der Waals surface area contributed by atoms with Crippen molar-refractivity contribution in [2.45, 2.75) is 38.5 Å². The molecule has 0 atom stereocenters. The van der Waals surface area contributed by atoms with E-state index in [4.69, 9.17) is 10.2 Å². The van der Waals surface area contributed by atoms with E-state index in [1.165, 1.54) is 6.07 Å². The molecule has 0 unspecified atom stereocenters. The number of aromatic hydroxyl groups is 2. The van der Waals surface area contributed by atoms with Crippen LogP contribution in [0.25, 0.3) is 0 Å². The number of carboxylic acid groups (broad SMARTS) is 2. The average Bonchev–Trinajstić information content (AvgIpc) is 2.36. The van der Waals surface area contributed by atoms with E-state index in [0.717, 1.165) is 5.56 Å². The lowest BCUT2D eigenvalue weighted by molar-refractivity contribution is -0.138. The summed E-state index contributed by atoms with van der Waals surface area (Å²) in [5.41, 5.74) is 1.24. The van der Waals surface area contributed by atoms with Gasteiger partial charge in [-0.15, -0.1) is 0 Å². The van der Waals surface area contributed by atoms with Crippen molar-refractivity contribution in [3.8, 4) is 11.5 Å². The van der Waals surface area contributed by atoms with Crippen LogP contribution in [0.1, 0.15) is 36.8 Å². The molecule has 0 aliphatic carbocycles. The predicted octanol–water partition coefficient (Wildman–Crippen LogP) is 1.91. The Morgan fingerprint density at radius 3 is 2.00 bits per heavy atom. The van der Waals surface area contributed by atoms with E-state index < -0.39 is 11.9 Å². The van der Waals surface area contributed by atoms with Gasteiger partial charge in [0.2, 0.25) is 0 Å². The highest BCUT2D eigenvalue weighted by Gasteiger charge is 2.13. The second kappa shape index (κ2) is 7.37. The molecule has 1 aromatic rings. The molecule has 1 aromatic carbocycles. The van der Waals surface area contributed by atoms with Crippen LogP contribution in [-0.2, 0) is 22.4 Å². The van der Waals surface area contributed by atoms with Crippen LogP contribution in [-0.4, -0.2) is 32.4 Å². The van der Waals surface area contributed by atoms with Gasteiger partial charge in [0.25, 0.3) is 0 Å². The second-order valence-electron chi connectivity index (χ2n) is 4.57. The molecule has 0 saturated carbocycles. The van der Waals surface area contributed by atoms with Crippen LogP contribution in [0.2, 0.25) is 0 Å². The van der Waals surface area contributed by atoms with Crippen molar-refractivity contribution >= 4 is 11.9 Å². The summed E-state index contributed by atoms with van der Waals surface area (Å²) >= 11 is 0. The number of aliphatic carboxylic acids is 2. The van der Waals surface area contributed by atoms with Crippen LogP contribution in [0, 0.1) is 0 Å². The Bertz CT molecular complexity index is 495. The Kier molecular flexibility index (Phi) is 5.83. The monoisotopic (exact) mass is 282 g/mol. The molecule has 110 valence electrons. The van der Waals surface area contributed by atoms with Crippen LogP contribution < -0.4 is 0 Å². The fourth-order valence-corrected chi connectivity index (χ4v) is 2.03. The highest BCUT2D eigenvalue weighted by atomic mass is 16.4. The normalized spacial score (nSPS) is 10.4. The minimum Gasteiger partial charge on any atom is -0.504 e. The third-order valence-electron chi connectivity index (χ3n) is 3.01. The van der Waals surface area contributed by atoms with Crippen LogP contribution >= 0.6 is 0 Å². The summed E-state index contributed by atoms with van der Waals surface area (Å²) in [6.45, 7) is 0. The van der Waals surface area contributed by atoms with E-state index in [1.54, 1.807) is 6.07 Å². The van der Waals surface area contributed by atoms with E-state index in [9.17, 15) is 19.8 Å². The summed E-state index contributed by atoms with van der Waals surface area (Å²) in [6.07, 6.45) is 1.56. The topological polar surface area (TPSA) is 115 Å². The molecular formula is C14H18O6. The van der Waals surface area contributed by atoms with Gasteiger partial charge in [0.1, 0.15) is 0 Å². The van der Waals surface area contributed by atoms with E-state index in [0.29, 0.717) is 31.2 Å². The van der Waals surface area contributed by atoms with Crippen molar-refractivity contribution in [3.05, 3.63) is 23.3 Å². The van der Waals surface area contributed by atoms with Crippen LogP contribution in [0.3, 0.4) is 0 Å². The molecule has 0 saturated heterocycles. The third-order valence-corrected chi connectivity index (χ3v) is 3.01. The molecule has 0 fully saturated rings. The van der Waals surface area contributed by atoms with Gasteiger partial charge in [-0.3, -0.25) is 9.59 Å². The van der Waals surface area contributed by atoms with Gasteiger partial charge in [-0.1, -0.05) is 6.07 Å². The molecule has 1 rings (SSSR count). The highest BCUT2D eigenvalue weighted by molar-refractivity contribution is 5.67. The summed E-state index contributed by atoms with van der Waals surface area (Å²) in [4.78, 5) is 21.0. The predicted molar refractivity (Wildman–Crippen MR) is 70.9 cm³/mol. The smallest absolute Gasteiger partial charge is 0.303 e. The summed E-state index contributed by atoms with van der Waals surface area (Å²) in [6, 6.07) is 2.99.